The Labute approximate surface area is 110 Å². The molecule has 1 fully saturated rings. The van der Waals surface area contributed by atoms with Crippen molar-refractivity contribution in [3.63, 3.8) is 0 Å². The molecule has 0 saturated heterocycles. The van der Waals surface area contributed by atoms with E-state index in [-0.39, 0.29) is 0 Å². The van der Waals surface area contributed by atoms with Gasteiger partial charge in [-0.2, -0.15) is 0 Å². The number of ether oxygens (including phenoxy) is 1. The van der Waals surface area contributed by atoms with E-state index in [1.54, 1.807) is 0 Å². The SMILES string of the molecule is Cc1ccc(OCCC2CC2)c(CNC(C)C)n1. The molecule has 0 bridgehead atoms. The summed E-state index contributed by atoms with van der Waals surface area (Å²) in [7, 11) is 0. The minimum Gasteiger partial charge on any atom is -0.492 e. The number of hydrogen-bond donors (Lipinski definition) is 1. The molecule has 3 heteroatoms. The number of hydrogen-bond acceptors (Lipinski definition) is 3. The molecule has 1 aliphatic carbocycles. The van der Waals surface area contributed by atoms with Crippen molar-refractivity contribution in [1.29, 1.82) is 0 Å². The molecule has 1 aromatic heterocycles. The minimum absolute atomic E-state index is 0.464. The molecule has 1 saturated carbocycles. The number of nitrogens with zero attached hydrogens (tertiary/aromatic N) is 1. The minimum atomic E-state index is 0.464. The van der Waals surface area contributed by atoms with E-state index in [0.717, 1.165) is 36.2 Å². The highest BCUT2D eigenvalue weighted by atomic mass is 16.5. The molecule has 0 radical (unpaired) electrons. The molecule has 1 aromatic rings. The van der Waals surface area contributed by atoms with E-state index in [2.05, 4.69) is 24.1 Å². The summed E-state index contributed by atoms with van der Waals surface area (Å²) < 4.78 is 5.87. The highest BCUT2D eigenvalue weighted by Gasteiger charge is 2.20. The van der Waals surface area contributed by atoms with Crippen LogP contribution in [0.15, 0.2) is 12.1 Å². The quantitative estimate of drug-likeness (QED) is 0.805. The topological polar surface area (TPSA) is 34.1 Å². The Morgan fingerprint density at radius 2 is 2.17 bits per heavy atom. The van der Waals surface area contributed by atoms with Crippen LogP contribution in [0.5, 0.6) is 5.75 Å². The van der Waals surface area contributed by atoms with Crippen molar-refractivity contribution in [2.75, 3.05) is 6.61 Å². The fourth-order valence-corrected chi connectivity index (χ4v) is 1.90. The smallest absolute Gasteiger partial charge is 0.142 e. The molecule has 1 aliphatic rings. The number of nitrogens with one attached hydrogen (secondary N) is 1. The third-order valence-electron chi connectivity index (χ3n) is 3.23. The largest absolute Gasteiger partial charge is 0.492 e. The Bertz CT molecular complexity index is 386. The predicted octanol–water partition coefficient (Wildman–Crippen LogP) is 3.07. The van der Waals surface area contributed by atoms with E-state index in [1.807, 2.05) is 19.1 Å². The van der Waals surface area contributed by atoms with E-state index in [0.29, 0.717) is 6.04 Å². The zero-order valence-electron chi connectivity index (χ0n) is 11.7. The molecule has 1 heterocycles. The fraction of sp³-hybridized carbons (Fsp3) is 0.667. The molecule has 0 atom stereocenters. The Kier molecular flexibility index (Phi) is 4.59. The first-order chi connectivity index (χ1) is 8.65. The monoisotopic (exact) mass is 248 g/mol. The van der Waals surface area contributed by atoms with Crippen molar-refractivity contribution in [2.45, 2.75) is 52.6 Å². The summed E-state index contributed by atoms with van der Waals surface area (Å²) in [5, 5.41) is 3.40. The molecular weight excluding hydrogens is 224 g/mol. The zero-order chi connectivity index (χ0) is 13.0. The van der Waals surface area contributed by atoms with E-state index < -0.39 is 0 Å². The number of rotatable bonds is 7. The van der Waals surface area contributed by atoms with Gasteiger partial charge in [-0.1, -0.05) is 26.7 Å². The van der Waals surface area contributed by atoms with Crippen molar-refractivity contribution in [2.24, 2.45) is 5.92 Å². The standard InChI is InChI=1S/C15H24N2O/c1-11(2)16-10-14-15(7-4-12(3)17-14)18-9-8-13-5-6-13/h4,7,11,13,16H,5-6,8-10H2,1-3H3. The van der Waals surface area contributed by atoms with Crippen molar-refractivity contribution in [3.05, 3.63) is 23.5 Å². The summed E-state index contributed by atoms with van der Waals surface area (Å²) in [6.07, 6.45) is 3.96. The maximum absolute atomic E-state index is 5.87. The Morgan fingerprint density at radius 3 is 2.83 bits per heavy atom. The van der Waals surface area contributed by atoms with Crippen LogP contribution in [0.3, 0.4) is 0 Å². The van der Waals surface area contributed by atoms with Crippen LogP contribution in [0, 0.1) is 12.8 Å². The second kappa shape index (κ2) is 6.19. The van der Waals surface area contributed by atoms with Gasteiger partial charge in [-0.3, -0.25) is 4.98 Å². The summed E-state index contributed by atoms with van der Waals surface area (Å²) in [5.41, 5.74) is 2.07. The van der Waals surface area contributed by atoms with E-state index in [4.69, 9.17) is 4.74 Å². The molecule has 0 aliphatic heterocycles. The second-order valence-corrected chi connectivity index (χ2v) is 5.51. The van der Waals surface area contributed by atoms with Gasteiger partial charge in [0, 0.05) is 18.3 Å². The molecule has 0 unspecified atom stereocenters. The maximum Gasteiger partial charge on any atom is 0.142 e. The van der Waals surface area contributed by atoms with Crippen LogP contribution in [-0.2, 0) is 6.54 Å². The number of aromatic nitrogens is 1. The first-order valence-corrected chi connectivity index (χ1v) is 6.98. The van der Waals surface area contributed by atoms with Gasteiger partial charge in [-0.15, -0.1) is 0 Å². The maximum atomic E-state index is 5.87. The van der Waals surface area contributed by atoms with Crippen molar-refractivity contribution in [1.82, 2.24) is 10.3 Å². The molecule has 2 rings (SSSR count). The summed E-state index contributed by atoms with van der Waals surface area (Å²) in [6.45, 7) is 7.90. The number of pyridine rings is 1. The molecule has 18 heavy (non-hydrogen) atoms. The van der Waals surface area contributed by atoms with Gasteiger partial charge in [0.05, 0.1) is 12.3 Å². The lowest BCUT2D eigenvalue weighted by Crippen LogP contribution is -2.23. The highest BCUT2D eigenvalue weighted by Crippen LogP contribution is 2.32. The lowest BCUT2D eigenvalue weighted by Gasteiger charge is -2.13. The van der Waals surface area contributed by atoms with Crippen molar-refractivity contribution < 1.29 is 4.74 Å². The summed E-state index contributed by atoms with van der Waals surface area (Å²) in [4.78, 5) is 4.57. The predicted molar refractivity (Wildman–Crippen MR) is 73.8 cm³/mol. The van der Waals surface area contributed by atoms with Crippen LogP contribution in [0.1, 0.15) is 44.5 Å². The van der Waals surface area contributed by atoms with E-state index >= 15 is 0 Å². The first kappa shape index (κ1) is 13.3. The van der Waals surface area contributed by atoms with Crippen molar-refractivity contribution in [3.8, 4) is 5.75 Å². The lowest BCUT2D eigenvalue weighted by atomic mass is 10.2. The van der Waals surface area contributed by atoms with E-state index in [9.17, 15) is 0 Å². The average molecular weight is 248 g/mol. The van der Waals surface area contributed by atoms with Gasteiger partial charge in [0.1, 0.15) is 5.75 Å². The van der Waals surface area contributed by atoms with Gasteiger partial charge >= 0.3 is 0 Å². The summed E-state index contributed by atoms with van der Waals surface area (Å²) in [5.74, 6) is 1.86. The first-order valence-electron chi connectivity index (χ1n) is 6.98. The van der Waals surface area contributed by atoms with Gasteiger partial charge < -0.3 is 10.1 Å². The third-order valence-corrected chi connectivity index (χ3v) is 3.23. The molecule has 3 nitrogen and oxygen atoms in total. The molecular formula is C15H24N2O. The second-order valence-electron chi connectivity index (χ2n) is 5.51. The van der Waals surface area contributed by atoms with Crippen molar-refractivity contribution >= 4 is 0 Å². The zero-order valence-corrected chi connectivity index (χ0v) is 11.7. The van der Waals surface area contributed by atoms with Crippen LogP contribution in [-0.4, -0.2) is 17.6 Å². The number of aryl methyl sites for hydroxylation is 1. The molecule has 1 N–H and O–H groups in total. The van der Waals surface area contributed by atoms with Crippen LogP contribution in [0.4, 0.5) is 0 Å². The van der Waals surface area contributed by atoms with Crippen LogP contribution in [0.2, 0.25) is 0 Å². The molecule has 0 aromatic carbocycles. The average Bonchev–Trinajstić information content (AvgIpc) is 3.13. The fourth-order valence-electron chi connectivity index (χ4n) is 1.90. The Hall–Kier alpha value is -1.09. The lowest BCUT2D eigenvalue weighted by molar-refractivity contribution is 0.296. The Balaban J connectivity index is 1.92. The Morgan fingerprint density at radius 1 is 1.39 bits per heavy atom. The van der Waals surface area contributed by atoms with Gasteiger partial charge in [0.25, 0.3) is 0 Å². The normalized spacial score (nSPS) is 15.1. The van der Waals surface area contributed by atoms with Crippen LogP contribution >= 0.6 is 0 Å². The van der Waals surface area contributed by atoms with Gasteiger partial charge in [0.2, 0.25) is 0 Å². The van der Waals surface area contributed by atoms with Gasteiger partial charge in [-0.25, -0.2) is 0 Å². The van der Waals surface area contributed by atoms with Gasteiger partial charge in [-0.05, 0) is 31.4 Å². The highest BCUT2D eigenvalue weighted by molar-refractivity contribution is 5.29. The molecule has 0 amide bonds. The van der Waals surface area contributed by atoms with E-state index in [1.165, 1.54) is 19.3 Å². The summed E-state index contributed by atoms with van der Waals surface area (Å²) >= 11 is 0. The van der Waals surface area contributed by atoms with Crippen LogP contribution in [0.25, 0.3) is 0 Å². The third kappa shape index (κ3) is 4.30. The molecule has 0 spiro atoms. The van der Waals surface area contributed by atoms with Gasteiger partial charge in [0.15, 0.2) is 0 Å². The summed E-state index contributed by atoms with van der Waals surface area (Å²) in [6, 6.07) is 4.53. The molecule has 100 valence electrons. The van der Waals surface area contributed by atoms with Crippen LogP contribution < -0.4 is 10.1 Å².